The van der Waals surface area contributed by atoms with Crippen LogP contribution in [0.25, 0.3) is 0 Å². The van der Waals surface area contributed by atoms with Gasteiger partial charge in [0.2, 0.25) is 0 Å². The number of aromatic nitrogens is 2. The van der Waals surface area contributed by atoms with Crippen LogP contribution in [0.15, 0.2) is 42.7 Å². The Kier molecular flexibility index (Phi) is 6.54. The van der Waals surface area contributed by atoms with Crippen molar-refractivity contribution in [1.29, 1.82) is 0 Å². The van der Waals surface area contributed by atoms with Crippen molar-refractivity contribution < 1.29 is 4.79 Å². The number of carbonyl (C=O) groups excluding carboxylic acids is 1. The van der Waals surface area contributed by atoms with Crippen LogP contribution < -0.4 is 10.6 Å². The van der Waals surface area contributed by atoms with E-state index in [1.807, 2.05) is 18.2 Å². The summed E-state index contributed by atoms with van der Waals surface area (Å²) in [5, 5.41) is 6.10. The lowest BCUT2D eigenvalue weighted by Gasteiger charge is -2.11. The minimum absolute atomic E-state index is 0.180. The predicted molar refractivity (Wildman–Crippen MR) is 92.5 cm³/mol. The molecule has 0 fully saturated rings. The number of hydrogen-bond acceptors (Lipinski definition) is 4. The molecule has 0 saturated heterocycles. The van der Waals surface area contributed by atoms with Gasteiger partial charge in [-0.15, -0.1) is 0 Å². The zero-order valence-electron chi connectivity index (χ0n) is 13.7. The summed E-state index contributed by atoms with van der Waals surface area (Å²) in [6, 6.07) is 10.6. The molecular formula is C18H24N4O. The standard InChI is InChI=1S/C18H24N4O/c1-3-14(2)22-17-13-20-16(12-21-17)18(23)19-11-7-10-15-8-5-4-6-9-15/h4-6,8-9,12-14H,3,7,10-11H2,1-2H3,(H,19,23)(H,21,22). The van der Waals surface area contributed by atoms with E-state index >= 15 is 0 Å². The van der Waals surface area contributed by atoms with Crippen molar-refractivity contribution in [3.05, 3.63) is 54.0 Å². The van der Waals surface area contributed by atoms with Gasteiger partial charge in [0.15, 0.2) is 0 Å². The van der Waals surface area contributed by atoms with Gasteiger partial charge in [-0.2, -0.15) is 0 Å². The van der Waals surface area contributed by atoms with E-state index in [1.54, 1.807) is 6.20 Å². The van der Waals surface area contributed by atoms with Crippen LogP contribution in [0.2, 0.25) is 0 Å². The molecule has 2 rings (SSSR count). The first-order valence-electron chi connectivity index (χ1n) is 8.09. The van der Waals surface area contributed by atoms with Crippen LogP contribution in [0.3, 0.4) is 0 Å². The number of benzene rings is 1. The highest BCUT2D eigenvalue weighted by atomic mass is 16.1. The van der Waals surface area contributed by atoms with E-state index in [9.17, 15) is 4.79 Å². The predicted octanol–water partition coefficient (Wildman–Crippen LogP) is 3.05. The zero-order chi connectivity index (χ0) is 16.5. The van der Waals surface area contributed by atoms with Gasteiger partial charge in [-0.1, -0.05) is 37.3 Å². The second-order valence-electron chi connectivity index (χ2n) is 5.59. The summed E-state index contributed by atoms with van der Waals surface area (Å²) in [5.74, 6) is 0.514. The molecule has 1 heterocycles. The summed E-state index contributed by atoms with van der Waals surface area (Å²) in [6.07, 6.45) is 5.97. The van der Waals surface area contributed by atoms with Crippen molar-refractivity contribution in [3.63, 3.8) is 0 Å². The van der Waals surface area contributed by atoms with Gasteiger partial charge < -0.3 is 10.6 Å². The molecule has 1 amide bonds. The number of carbonyl (C=O) groups is 1. The van der Waals surface area contributed by atoms with E-state index in [4.69, 9.17) is 0 Å². The third kappa shape index (κ3) is 5.70. The van der Waals surface area contributed by atoms with Gasteiger partial charge in [0.05, 0.1) is 12.4 Å². The second-order valence-corrected chi connectivity index (χ2v) is 5.59. The maximum absolute atomic E-state index is 12.0. The van der Waals surface area contributed by atoms with E-state index in [2.05, 4.69) is 46.6 Å². The average Bonchev–Trinajstić information content (AvgIpc) is 2.60. The van der Waals surface area contributed by atoms with Gasteiger partial charge in [0.25, 0.3) is 5.91 Å². The highest BCUT2D eigenvalue weighted by Crippen LogP contribution is 2.05. The molecule has 2 aromatic rings. The number of anilines is 1. The Balaban J connectivity index is 1.75. The fourth-order valence-corrected chi connectivity index (χ4v) is 2.10. The monoisotopic (exact) mass is 312 g/mol. The number of amides is 1. The van der Waals surface area contributed by atoms with E-state index in [-0.39, 0.29) is 5.91 Å². The van der Waals surface area contributed by atoms with Crippen molar-refractivity contribution in [2.45, 2.75) is 39.2 Å². The highest BCUT2D eigenvalue weighted by Gasteiger charge is 2.08. The minimum Gasteiger partial charge on any atom is -0.366 e. The summed E-state index contributed by atoms with van der Waals surface area (Å²) in [5.41, 5.74) is 1.63. The summed E-state index contributed by atoms with van der Waals surface area (Å²) in [7, 11) is 0. The first kappa shape index (κ1) is 16.9. The molecule has 1 atom stereocenters. The van der Waals surface area contributed by atoms with Crippen LogP contribution in [-0.4, -0.2) is 28.5 Å². The lowest BCUT2D eigenvalue weighted by atomic mass is 10.1. The van der Waals surface area contributed by atoms with Crippen molar-refractivity contribution in [3.8, 4) is 0 Å². The molecule has 122 valence electrons. The number of nitrogens with one attached hydrogen (secondary N) is 2. The largest absolute Gasteiger partial charge is 0.366 e. The van der Waals surface area contributed by atoms with E-state index in [1.165, 1.54) is 11.8 Å². The molecular weight excluding hydrogens is 288 g/mol. The van der Waals surface area contributed by atoms with Crippen molar-refractivity contribution >= 4 is 11.7 Å². The third-order valence-corrected chi connectivity index (χ3v) is 3.66. The Bertz CT molecular complexity index is 598. The van der Waals surface area contributed by atoms with Gasteiger partial charge in [-0.3, -0.25) is 4.79 Å². The van der Waals surface area contributed by atoms with E-state index in [0.717, 1.165) is 19.3 Å². The van der Waals surface area contributed by atoms with Crippen LogP contribution in [0.1, 0.15) is 42.7 Å². The molecule has 2 N–H and O–H groups in total. The molecule has 1 aromatic carbocycles. The molecule has 23 heavy (non-hydrogen) atoms. The summed E-state index contributed by atoms with van der Waals surface area (Å²) in [4.78, 5) is 20.4. The molecule has 0 radical (unpaired) electrons. The Morgan fingerprint density at radius 3 is 2.61 bits per heavy atom. The van der Waals surface area contributed by atoms with Gasteiger partial charge in [-0.25, -0.2) is 9.97 Å². The SMILES string of the molecule is CCC(C)Nc1cnc(C(=O)NCCCc2ccccc2)cn1. The molecule has 0 aliphatic carbocycles. The molecule has 0 saturated carbocycles. The topological polar surface area (TPSA) is 66.9 Å². The summed E-state index contributed by atoms with van der Waals surface area (Å²) < 4.78 is 0. The molecule has 1 aromatic heterocycles. The Hall–Kier alpha value is -2.43. The van der Waals surface area contributed by atoms with Crippen LogP contribution >= 0.6 is 0 Å². The maximum atomic E-state index is 12.0. The van der Waals surface area contributed by atoms with Gasteiger partial charge in [0.1, 0.15) is 11.5 Å². The molecule has 5 nitrogen and oxygen atoms in total. The second kappa shape index (κ2) is 8.88. The molecule has 0 aliphatic rings. The fourth-order valence-electron chi connectivity index (χ4n) is 2.10. The minimum atomic E-state index is -0.180. The normalized spacial score (nSPS) is 11.7. The van der Waals surface area contributed by atoms with E-state index < -0.39 is 0 Å². The van der Waals surface area contributed by atoms with E-state index in [0.29, 0.717) is 24.1 Å². The Labute approximate surface area is 137 Å². The average molecular weight is 312 g/mol. The summed E-state index contributed by atoms with van der Waals surface area (Å²) in [6.45, 7) is 4.81. The smallest absolute Gasteiger partial charge is 0.271 e. The molecule has 0 aliphatic heterocycles. The summed E-state index contributed by atoms with van der Waals surface area (Å²) >= 11 is 0. The quantitative estimate of drug-likeness (QED) is 0.735. The molecule has 0 spiro atoms. The molecule has 0 bridgehead atoms. The van der Waals surface area contributed by atoms with Crippen molar-refractivity contribution in [2.75, 3.05) is 11.9 Å². The van der Waals surface area contributed by atoms with Gasteiger partial charge >= 0.3 is 0 Å². The fraction of sp³-hybridized carbons (Fsp3) is 0.389. The lowest BCUT2D eigenvalue weighted by Crippen LogP contribution is -2.26. The Morgan fingerprint density at radius 2 is 1.96 bits per heavy atom. The maximum Gasteiger partial charge on any atom is 0.271 e. The first-order valence-corrected chi connectivity index (χ1v) is 8.09. The third-order valence-electron chi connectivity index (χ3n) is 3.66. The van der Waals surface area contributed by atoms with Crippen molar-refractivity contribution in [1.82, 2.24) is 15.3 Å². The lowest BCUT2D eigenvalue weighted by molar-refractivity contribution is 0.0948. The Morgan fingerprint density at radius 1 is 1.17 bits per heavy atom. The molecule has 1 unspecified atom stereocenters. The number of aryl methyl sites for hydroxylation is 1. The van der Waals surface area contributed by atoms with Crippen molar-refractivity contribution in [2.24, 2.45) is 0 Å². The van der Waals surface area contributed by atoms with Crippen LogP contribution in [0.5, 0.6) is 0 Å². The highest BCUT2D eigenvalue weighted by molar-refractivity contribution is 5.91. The van der Waals surface area contributed by atoms with Gasteiger partial charge in [-0.05, 0) is 31.7 Å². The van der Waals surface area contributed by atoms with Gasteiger partial charge in [0, 0.05) is 12.6 Å². The molecule has 5 heteroatoms. The van der Waals surface area contributed by atoms with Crippen LogP contribution in [0.4, 0.5) is 5.82 Å². The number of hydrogen-bond donors (Lipinski definition) is 2. The van der Waals surface area contributed by atoms with Crippen LogP contribution in [-0.2, 0) is 6.42 Å². The zero-order valence-corrected chi connectivity index (χ0v) is 13.7. The number of rotatable bonds is 8. The first-order chi connectivity index (χ1) is 11.2. The number of nitrogens with zero attached hydrogens (tertiary/aromatic N) is 2. The van der Waals surface area contributed by atoms with Crippen LogP contribution in [0, 0.1) is 0 Å².